The highest BCUT2D eigenvalue weighted by Gasteiger charge is 2.21. The van der Waals surface area contributed by atoms with Gasteiger partial charge in [0.15, 0.2) is 0 Å². The standard InChI is InChI=1S/C12H24N2OS/c1-10-11(6-5-8-13-10)14-12(15)7-3-4-9-16-2/h10-11,13H,3-9H2,1-2H3,(H,14,15). The third kappa shape index (κ3) is 5.21. The molecule has 4 heteroatoms. The van der Waals surface area contributed by atoms with Gasteiger partial charge in [-0.25, -0.2) is 0 Å². The second kappa shape index (κ2) is 7.96. The van der Waals surface area contributed by atoms with E-state index in [2.05, 4.69) is 23.8 Å². The topological polar surface area (TPSA) is 41.1 Å². The number of piperidine rings is 1. The molecule has 0 aliphatic carbocycles. The van der Waals surface area contributed by atoms with Crippen molar-refractivity contribution in [2.75, 3.05) is 18.6 Å². The summed E-state index contributed by atoms with van der Waals surface area (Å²) < 4.78 is 0. The Bertz CT molecular complexity index is 211. The van der Waals surface area contributed by atoms with Crippen LogP contribution >= 0.6 is 11.8 Å². The van der Waals surface area contributed by atoms with Gasteiger partial charge in [0, 0.05) is 18.5 Å². The monoisotopic (exact) mass is 244 g/mol. The first-order valence-electron chi connectivity index (χ1n) is 6.25. The highest BCUT2D eigenvalue weighted by molar-refractivity contribution is 7.98. The van der Waals surface area contributed by atoms with Crippen molar-refractivity contribution in [1.29, 1.82) is 0 Å². The molecule has 0 bridgehead atoms. The van der Waals surface area contributed by atoms with Gasteiger partial charge in [0.25, 0.3) is 0 Å². The zero-order valence-electron chi connectivity index (χ0n) is 10.4. The van der Waals surface area contributed by atoms with E-state index in [-0.39, 0.29) is 5.91 Å². The van der Waals surface area contributed by atoms with E-state index in [4.69, 9.17) is 0 Å². The van der Waals surface area contributed by atoms with Gasteiger partial charge in [-0.15, -0.1) is 0 Å². The van der Waals surface area contributed by atoms with E-state index < -0.39 is 0 Å². The van der Waals surface area contributed by atoms with Crippen LogP contribution in [0, 0.1) is 0 Å². The molecule has 1 aliphatic rings. The molecule has 2 N–H and O–H groups in total. The van der Waals surface area contributed by atoms with Crippen molar-refractivity contribution in [3.63, 3.8) is 0 Å². The number of amides is 1. The molecule has 1 rings (SSSR count). The molecule has 1 saturated heterocycles. The van der Waals surface area contributed by atoms with Gasteiger partial charge in [-0.1, -0.05) is 0 Å². The number of rotatable bonds is 6. The van der Waals surface area contributed by atoms with Crippen LogP contribution in [0.4, 0.5) is 0 Å². The molecule has 2 atom stereocenters. The maximum Gasteiger partial charge on any atom is 0.220 e. The molecule has 0 aromatic heterocycles. The molecule has 3 nitrogen and oxygen atoms in total. The summed E-state index contributed by atoms with van der Waals surface area (Å²) in [7, 11) is 0. The molecule has 0 saturated carbocycles. The Morgan fingerprint density at radius 2 is 2.31 bits per heavy atom. The summed E-state index contributed by atoms with van der Waals surface area (Å²) >= 11 is 1.85. The first kappa shape index (κ1) is 13.8. The van der Waals surface area contributed by atoms with Gasteiger partial charge in [-0.2, -0.15) is 11.8 Å². The number of nitrogens with one attached hydrogen (secondary N) is 2. The van der Waals surface area contributed by atoms with Gasteiger partial charge in [-0.05, 0) is 51.2 Å². The predicted molar refractivity (Wildman–Crippen MR) is 70.9 cm³/mol. The molecule has 0 spiro atoms. The second-order valence-corrected chi connectivity index (χ2v) is 5.49. The van der Waals surface area contributed by atoms with Crippen LogP contribution in [0.25, 0.3) is 0 Å². The van der Waals surface area contributed by atoms with Gasteiger partial charge in [0.1, 0.15) is 0 Å². The predicted octanol–water partition coefficient (Wildman–Crippen LogP) is 1.78. The molecule has 1 amide bonds. The Balaban J connectivity index is 2.12. The number of hydrogen-bond acceptors (Lipinski definition) is 3. The van der Waals surface area contributed by atoms with Crippen molar-refractivity contribution in [3.8, 4) is 0 Å². The van der Waals surface area contributed by atoms with Crippen LogP contribution in [0.15, 0.2) is 0 Å². The van der Waals surface area contributed by atoms with E-state index >= 15 is 0 Å². The quantitative estimate of drug-likeness (QED) is 0.700. The first-order valence-corrected chi connectivity index (χ1v) is 7.65. The van der Waals surface area contributed by atoms with E-state index in [1.54, 1.807) is 0 Å². The van der Waals surface area contributed by atoms with E-state index in [0.717, 1.165) is 31.6 Å². The number of carbonyl (C=O) groups is 1. The summed E-state index contributed by atoms with van der Waals surface area (Å²) in [4.78, 5) is 11.7. The summed E-state index contributed by atoms with van der Waals surface area (Å²) in [6.45, 7) is 3.24. The average Bonchev–Trinajstić information content (AvgIpc) is 2.28. The smallest absolute Gasteiger partial charge is 0.220 e. The molecule has 0 radical (unpaired) electrons. The van der Waals surface area contributed by atoms with Crippen molar-refractivity contribution in [3.05, 3.63) is 0 Å². The molecule has 0 aromatic carbocycles. The lowest BCUT2D eigenvalue weighted by Crippen LogP contribution is -2.51. The molecule has 1 aliphatic heterocycles. The molecule has 2 unspecified atom stereocenters. The largest absolute Gasteiger partial charge is 0.352 e. The fourth-order valence-corrected chi connectivity index (χ4v) is 2.54. The van der Waals surface area contributed by atoms with Gasteiger partial charge in [0.2, 0.25) is 5.91 Å². The summed E-state index contributed by atoms with van der Waals surface area (Å²) in [5.74, 6) is 1.39. The normalized spacial score (nSPS) is 25.4. The van der Waals surface area contributed by atoms with Gasteiger partial charge < -0.3 is 10.6 Å². The lowest BCUT2D eigenvalue weighted by atomic mass is 9.99. The minimum atomic E-state index is 0.224. The van der Waals surface area contributed by atoms with Crippen molar-refractivity contribution in [2.45, 2.75) is 51.1 Å². The van der Waals surface area contributed by atoms with Crippen LogP contribution in [-0.2, 0) is 4.79 Å². The maximum absolute atomic E-state index is 11.7. The van der Waals surface area contributed by atoms with Crippen LogP contribution in [0.3, 0.4) is 0 Å². The first-order chi connectivity index (χ1) is 7.74. The van der Waals surface area contributed by atoms with E-state index in [0.29, 0.717) is 18.5 Å². The van der Waals surface area contributed by atoms with Crippen molar-refractivity contribution in [2.24, 2.45) is 0 Å². The second-order valence-electron chi connectivity index (χ2n) is 4.51. The molecule has 0 aromatic rings. The van der Waals surface area contributed by atoms with Crippen LogP contribution in [0.1, 0.15) is 39.0 Å². The maximum atomic E-state index is 11.7. The molecular formula is C12H24N2OS. The highest BCUT2D eigenvalue weighted by Crippen LogP contribution is 2.09. The summed E-state index contributed by atoms with van der Waals surface area (Å²) in [5.41, 5.74) is 0. The lowest BCUT2D eigenvalue weighted by molar-refractivity contribution is -0.122. The Morgan fingerprint density at radius 3 is 3.00 bits per heavy atom. The summed E-state index contributed by atoms with van der Waals surface area (Å²) in [6, 6.07) is 0.755. The summed E-state index contributed by atoms with van der Waals surface area (Å²) in [5, 5.41) is 6.53. The SMILES string of the molecule is CSCCCCC(=O)NC1CCCNC1C. The highest BCUT2D eigenvalue weighted by atomic mass is 32.2. The molecule has 1 fully saturated rings. The zero-order valence-corrected chi connectivity index (χ0v) is 11.2. The lowest BCUT2D eigenvalue weighted by Gasteiger charge is -2.30. The Kier molecular flexibility index (Phi) is 6.88. The molecular weight excluding hydrogens is 220 g/mol. The number of hydrogen-bond donors (Lipinski definition) is 2. The third-order valence-electron chi connectivity index (χ3n) is 3.11. The van der Waals surface area contributed by atoms with E-state index in [9.17, 15) is 4.79 Å². The fraction of sp³-hybridized carbons (Fsp3) is 0.917. The third-order valence-corrected chi connectivity index (χ3v) is 3.81. The Hall–Kier alpha value is -0.220. The Labute approximate surface area is 103 Å². The van der Waals surface area contributed by atoms with Crippen LogP contribution in [0.2, 0.25) is 0 Å². The van der Waals surface area contributed by atoms with Crippen molar-refractivity contribution in [1.82, 2.24) is 10.6 Å². The molecule has 1 heterocycles. The number of unbranched alkanes of at least 4 members (excludes halogenated alkanes) is 1. The van der Waals surface area contributed by atoms with Gasteiger partial charge >= 0.3 is 0 Å². The van der Waals surface area contributed by atoms with Crippen LogP contribution in [0.5, 0.6) is 0 Å². The van der Waals surface area contributed by atoms with E-state index in [1.165, 1.54) is 6.42 Å². The fourth-order valence-electron chi connectivity index (χ4n) is 2.05. The van der Waals surface area contributed by atoms with Crippen molar-refractivity contribution >= 4 is 17.7 Å². The summed E-state index contributed by atoms with van der Waals surface area (Å²) in [6.07, 6.45) is 7.24. The number of thioether (sulfide) groups is 1. The minimum absolute atomic E-state index is 0.224. The van der Waals surface area contributed by atoms with Crippen LogP contribution in [-0.4, -0.2) is 36.5 Å². The van der Waals surface area contributed by atoms with Gasteiger partial charge in [0.05, 0.1) is 0 Å². The zero-order chi connectivity index (χ0) is 11.8. The van der Waals surface area contributed by atoms with Crippen LogP contribution < -0.4 is 10.6 Å². The van der Waals surface area contributed by atoms with E-state index in [1.807, 2.05) is 11.8 Å². The van der Waals surface area contributed by atoms with Crippen molar-refractivity contribution < 1.29 is 4.79 Å². The molecule has 16 heavy (non-hydrogen) atoms. The Morgan fingerprint density at radius 1 is 1.50 bits per heavy atom. The minimum Gasteiger partial charge on any atom is -0.352 e. The number of carbonyl (C=O) groups excluding carboxylic acids is 1. The van der Waals surface area contributed by atoms with Gasteiger partial charge in [-0.3, -0.25) is 4.79 Å². The molecule has 94 valence electrons. The average molecular weight is 244 g/mol.